The molecular weight excluding hydrogens is 687 g/mol. The Hall–Kier alpha value is -6.94. The predicted octanol–water partition coefficient (Wildman–Crippen LogP) is 15.6. The second-order valence-electron chi connectivity index (χ2n) is 14.0. The first-order chi connectivity index (χ1) is 27.3. The van der Waals surface area contributed by atoms with Crippen LogP contribution in [0.1, 0.15) is 0 Å². The van der Waals surface area contributed by atoms with E-state index in [-0.39, 0.29) is 0 Å². The molecule has 0 saturated carbocycles. The quantitative estimate of drug-likeness (QED) is 0.170. The molecule has 0 bridgehead atoms. The molecule has 0 spiro atoms. The number of furan rings is 1. The van der Waals surface area contributed by atoms with Crippen LogP contribution in [0.4, 0.5) is 17.1 Å². The zero-order chi connectivity index (χ0) is 36.3. The topological polar surface area (TPSA) is 16.4 Å². The zero-order valence-corrected chi connectivity index (χ0v) is 30.6. The molecule has 0 atom stereocenters. The monoisotopic (exact) mass is 719 g/mol. The van der Waals surface area contributed by atoms with Gasteiger partial charge in [-0.15, -0.1) is 11.3 Å². The third kappa shape index (κ3) is 5.24. The Morgan fingerprint density at radius 3 is 1.84 bits per heavy atom. The first kappa shape index (κ1) is 31.6. The second kappa shape index (κ2) is 12.9. The molecule has 55 heavy (non-hydrogen) atoms. The van der Waals surface area contributed by atoms with Crippen molar-refractivity contribution in [3.05, 3.63) is 200 Å². The van der Waals surface area contributed by atoms with Gasteiger partial charge in [0, 0.05) is 47.9 Å². The fourth-order valence-corrected chi connectivity index (χ4v) is 9.55. The molecule has 258 valence electrons. The highest BCUT2D eigenvalue weighted by atomic mass is 32.1. The molecule has 0 N–H and O–H groups in total. The average molecular weight is 720 g/mol. The summed E-state index contributed by atoms with van der Waals surface area (Å²) in [5.74, 6) is 0. The summed E-state index contributed by atoms with van der Waals surface area (Å²) in [4.78, 5) is 2.36. The average Bonchev–Trinajstić information content (AvgIpc) is 3.84. The van der Waals surface area contributed by atoms with Crippen molar-refractivity contribution in [3.63, 3.8) is 0 Å². The highest BCUT2D eigenvalue weighted by Gasteiger charge is 2.22. The molecule has 0 radical (unpaired) electrons. The molecule has 0 aliphatic heterocycles. The van der Waals surface area contributed by atoms with E-state index >= 15 is 0 Å². The minimum absolute atomic E-state index is 0.857. The molecule has 11 aromatic rings. The molecule has 2 aromatic heterocycles. The van der Waals surface area contributed by atoms with Crippen LogP contribution in [0, 0.1) is 0 Å². The van der Waals surface area contributed by atoms with Gasteiger partial charge in [-0.2, -0.15) is 0 Å². The first-order valence-corrected chi connectivity index (χ1v) is 19.5. The Morgan fingerprint density at radius 1 is 0.364 bits per heavy atom. The van der Waals surface area contributed by atoms with Gasteiger partial charge < -0.3 is 9.32 Å². The van der Waals surface area contributed by atoms with E-state index in [2.05, 4.69) is 205 Å². The van der Waals surface area contributed by atoms with Gasteiger partial charge in [0.05, 0.1) is 5.69 Å². The SMILES string of the molecule is c1ccc(-c2cccc3c2oc2c(N(c4ccc(-c5cccc6ccccc56)cc4)c4cccc(-c5cccc6c5sc5ccccc56)c4)cccc23)cc1. The van der Waals surface area contributed by atoms with Gasteiger partial charge >= 0.3 is 0 Å². The van der Waals surface area contributed by atoms with Crippen molar-refractivity contribution in [1.82, 2.24) is 0 Å². The van der Waals surface area contributed by atoms with Gasteiger partial charge in [-0.3, -0.25) is 0 Å². The summed E-state index contributed by atoms with van der Waals surface area (Å²) in [7, 11) is 0. The Bertz CT molecular complexity index is 3200. The normalized spacial score (nSPS) is 11.6. The molecular formula is C52H33NOS. The summed E-state index contributed by atoms with van der Waals surface area (Å²) >= 11 is 1.87. The summed E-state index contributed by atoms with van der Waals surface area (Å²) in [6.45, 7) is 0. The Labute approximate surface area is 322 Å². The van der Waals surface area contributed by atoms with Crippen LogP contribution in [0.2, 0.25) is 0 Å². The highest BCUT2D eigenvalue weighted by molar-refractivity contribution is 7.26. The highest BCUT2D eigenvalue weighted by Crippen LogP contribution is 2.46. The minimum atomic E-state index is 0.857. The largest absolute Gasteiger partial charge is 0.453 e. The lowest BCUT2D eigenvalue weighted by atomic mass is 9.98. The number of fused-ring (bicyclic) bond motifs is 7. The lowest BCUT2D eigenvalue weighted by Gasteiger charge is -2.26. The van der Waals surface area contributed by atoms with Crippen LogP contribution in [0.3, 0.4) is 0 Å². The summed E-state index contributed by atoms with van der Waals surface area (Å²) in [6, 6.07) is 72.0. The molecule has 0 fully saturated rings. The molecule has 11 rings (SSSR count). The van der Waals surface area contributed by atoms with Gasteiger partial charge in [-0.05, 0) is 75.0 Å². The van der Waals surface area contributed by atoms with Gasteiger partial charge in [0.2, 0.25) is 0 Å². The first-order valence-electron chi connectivity index (χ1n) is 18.7. The van der Waals surface area contributed by atoms with E-state index in [1.54, 1.807) is 0 Å². The maximum Gasteiger partial charge on any atom is 0.159 e. The third-order valence-corrected chi connectivity index (χ3v) is 12.1. The number of para-hydroxylation sites is 2. The van der Waals surface area contributed by atoms with E-state index in [9.17, 15) is 0 Å². The van der Waals surface area contributed by atoms with Gasteiger partial charge in [-0.25, -0.2) is 0 Å². The van der Waals surface area contributed by atoms with Crippen LogP contribution in [-0.2, 0) is 0 Å². The van der Waals surface area contributed by atoms with Crippen LogP contribution >= 0.6 is 11.3 Å². The number of anilines is 3. The molecule has 0 aliphatic carbocycles. The van der Waals surface area contributed by atoms with Crippen molar-refractivity contribution in [2.75, 3.05) is 4.90 Å². The van der Waals surface area contributed by atoms with Crippen molar-refractivity contribution in [1.29, 1.82) is 0 Å². The maximum atomic E-state index is 7.00. The number of hydrogen-bond acceptors (Lipinski definition) is 3. The minimum Gasteiger partial charge on any atom is -0.453 e. The van der Waals surface area contributed by atoms with E-state index in [4.69, 9.17) is 4.42 Å². The molecule has 2 nitrogen and oxygen atoms in total. The van der Waals surface area contributed by atoms with Crippen molar-refractivity contribution >= 4 is 81.3 Å². The predicted molar refractivity (Wildman–Crippen MR) is 235 cm³/mol. The molecule has 0 unspecified atom stereocenters. The zero-order valence-electron chi connectivity index (χ0n) is 29.8. The van der Waals surface area contributed by atoms with Crippen LogP contribution in [-0.4, -0.2) is 0 Å². The van der Waals surface area contributed by atoms with Gasteiger partial charge in [0.15, 0.2) is 5.58 Å². The molecule has 3 heteroatoms. The summed E-state index contributed by atoms with van der Waals surface area (Å²) in [5, 5.41) is 7.29. The van der Waals surface area contributed by atoms with Crippen molar-refractivity contribution in [2.45, 2.75) is 0 Å². The summed E-state index contributed by atoms with van der Waals surface area (Å²) in [5.41, 5.74) is 11.9. The van der Waals surface area contributed by atoms with E-state index in [1.807, 2.05) is 11.3 Å². The number of nitrogens with zero attached hydrogens (tertiary/aromatic N) is 1. The van der Waals surface area contributed by atoms with Crippen molar-refractivity contribution < 1.29 is 4.42 Å². The van der Waals surface area contributed by atoms with Gasteiger partial charge in [0.1, 0.15) is 5.58 Å². The van der Waals surface area contributed by atoms with E-state index in [1.165, 1.54) is 53.2 Å². The summed E-state index contributed by atoms with van der Waals surface area (Å²) in [6.07, 6.45) is 0. The number of rotatable bonds is 6. The number of benzene rings is 9. The third-order valence-electron chi connectivity index (χ3n) is 10.9. The molecule has 0 saturated heterocycles. The van der Waals surface area contributed by atoms with Gasteiger partial charge in [0.25, 0.3) is 0 Å². The summed E-state index contributed by atoms with van der Waals surface area (Å²) < 4.78 is 9.61. The molecule has 2 heterocycles. The van der Waals surface area contributed by atoms with E-state index < -0.39 is 0 Å². The van der Waals surface area contributed by atoms with E-state index in [0.29, 0.717) is 0 Å². The Morgan fingerprint density at radius 2 is 0.964 bits per heavy atom. The maximum absolute atomic E-state index is 7.00. The van der Waals surface area contributed by atoms with Crippen LogP contribution in [0.5, 0.6) is 0 Å². The van der Waals surface area contributed by atoms with Crippen LogP contribution < -0.4 is 4.90 Å². The Balaban J connectivity index is 1.12. The number of hydrogen-bond donors (Lipinski definition) is 0. The van der Waals surface area contributed by atoms with Gasteiger partial charge in [-0.1, -0.05) is 164 Å². The smallest absolute Gasteiger partial charge is 0.159 e. The Kier molecular flexibility index (Phi) is 7.39. The van der Waals surface area contributed by atoms with Crippen LogP contribution in [0.15, 0.2) is 205 Å². The standard InChI is InChI=1S/C52H33NOS/c1-2-13-35(14-3-1)42-22-10-24-45-46-25-12-27-48(51(46)54-50(42)45)53(38-31-29-36(30-32-38)41-21-9-16-34-15-4-5-19-40(34)41)39-18-8-17-37(33-39)43-23-11-26-47-44-20-6-7-28-49(44)55-52(43)47/h1-33H. The van der Waals surface area contributed by atoms with Crippen molar-refractivity contribution in [2.24, 2.45) is 0 Å². The van der Waals surface area contributed by atoms with Crippen LogP contribution in [0.25, 0.3) is 86.3 Å². The lowest BCUT2D eigenvalue weighted by Crippen LogP contribution is -2.10. The second-order valence-corrected chi connectivity index (χ2v) is 15.1. The molecule has 9 aromatic carbocycles. The molecule has 0 aliphatic rings. The fraction of sp³-hybridized carbons (Fsp3) is 0. The van der Waals surface area contributed by atoms with Crippen molar-refractivity contribution in [3.8, 4) is 33.4 Å². The van der Waals surface area contributed by atoms with E-state index in [0.717, 1.165) is 50.1 Å². The lowest BCUT2D eigenvalue weighted by molar-refractivity contribution is 0.670. The molecule has 0 amide bonds. The number of thiophene rings is 1. The fourth-order valence-electron chi connectivity index (χ4n) is 8.31.